The average Bonchev–Trinajstić information content (AvgIpc) is 3.50. The van der Waals surface area contributed by atoms with E-state index >= 15 is 0 Å². The number of rotatable bonds is 7. The molecule has 7 nitrogen and oxygen atoms in total. The Morgan fingerprint density at radius 1 is 1.14 bits per heavy atom. The van der Waals surface area contributed by atoms with Gasteiger partial charge >= 0.3 is 0 Å². The van der Waals surface area contributed by atoms with Crippen LogP contribution in [0.15, 0.2) is 29.2 Å². The molecule has 1 aliphatic carbocycles. The van der Waals surface area contributed by atoms with Crippen molar-refractivity contribution >= 4 is 21.8 Å². The molecule has 1 aromatic rings. The van der Waals surface area contributed by atoms with Crippen molar-refractivity contribution in [1.29, 1.82) is 0 Å². The number of piperidine rings is 1. The van der Waals surface area contributed by atoms with E-state index in [9.17, 15) is 22.4 Å². The standard InChI is InChI=1S/C20H28FN3O4S/c1-13(2)18(20(26)22-16-7-8-16)23-19(25)14-4-3-11-24(12-14)29(27,28)17-9-5-15(21)6-10-17/h5-6,9-10,13-14,16,18H,3-4,7-8,11-12H2,1-2H3,(H,22,26)(H,23,25)/t14?,18-/m0/s1. The molecule has 2 N–H and O–H groups in total. The fourth-order valence-electron chi connectivity index (χ4n) is 3.46. The van der Waals surface area contributed by atoms with Crippen LogP contribution in [0.5, 0.6) is 0 Å². The minimum atomic E-state index is -3.81. The lowest BCUT2D eigenvalue weighted by atomic mass is 9.96. The summed E-state index contributed by atoms with van der Waals surface area (Å²) in [5.74, 6) is -1.63. The van der Waals surface area contributed by atoms with E-state index in [1.807, 2.05) is 13.8 Å². The molecule has 1 saturated carbocycles. The third-order valence-electron chi connectivity index (χ3n) is 5.38. The fourth-order valence-corrected chi connectivity index (χ4v) is 4.98. The van der Waals surface area contributed by atoms with Crippen molar-refractivity contribution in [2.45, 2.75) is 56.5 Å². The Bertz CT molecular complexity index is 853. The van der Waals surface area contributed by atoms with Crippen LogP contribution in [-0.2, 0) is 19.6 Å². The van der Waals surface area contributed by atoms with Gasteiger partial charge in [0.1, 0.15) is 11.9 Å². The molecule has 9 heteroatoms. The van der Waals surface area contributed by atoms with Gasteiger partial charge in [-0.2, -0.15) is 4.31 Å². The van der Waals surface area contributed by atoms with Crippen LogP contribution in [0.25, 0.3) is 0 Å². The summed E-state index contributed by atoms with van der Waals surface area (Å²) in [5, 5.41) is 5.73. The molecular formula is C20H28FN3O4S. The highest BCUT2D eigenvalue weighted by Gasteiger charge is 2.36. The molecule has 0 radical (unpaired) electrons. The van der Waals surface area contributed by atoms with Gasteiger partial charge in [0.15, 0.2) is 0 Å². The van der Waals surface area contributed by atoms with Gasteiger partial charge in [-0.3, -0.25) is 9.59 Å². The number of nitrogens with one attached hydrogen (secondary N) is 2. The van der Waals surface area contributed by atoms with Crippen molar-refractivity contribution in [3.63, 3.8) is 0 Å². The molecule has 1 aliphatic heterocycles. The van der Waals surface area contributed by atoms with Crippen molar-refractivity contribution in [2.24, 2.45) is 11.8 Å². The zero-order valence-corrected chi connectivity index (χ0v) is 17.5. The van der Waals surface area contributed by atoms with Crippen molar-refractivity contribution in [3.05, 3.63) is 30.1 Å². The van der Waals surface area contributed by atoms with Gasteiger partial charge in [-0.15, -0.1) is 0 Å². The lowest BCUT2D eigenvalue weighted by Crippen LogP contribution is -2.53. The number of sulfonamides is 1. The number of halogens is 1. The molecule has 29 heavy (non-hydrogen) atoms. The normalized spacial score (nSPS) is 21.6. The highest BCUT2D eigenvalue weighted by molar-refractivity contribution is 7.89. The highest BCUT2D eigenvalue weighted by atomic mass is 32.2. The van der Waals surface area contributed by atoms with Gasteiger partial charge in [0.25, 0.3) is 0 Å². The average molecular weight is 426 g/mol. The molecule has 2 fully saturated rings. The van der Waals surface area contributed by atoms with Crippen LogP contribution in [0.3, 0.4) is 0 Å². The van der Waals surface area contributed by atoms with Crippen molar-refractivity contribution in [2.75, 3.05) is 13.1 Å². The van der Waals surface area contributed by atoms with E-state index in [0.29, 0.717) is 19.4 Å². The summed E-state index contributed by atoms with van der Waals surface area (Å²) in [5.41, 5.74) is 0. The fraction of sp³-hybridized carbons (Fsp3) is 0.600. The maximum Gasteiger partial charge on any atom is 0.243 e. The SMILES string of the molecule is CC(C)[C@H](NC(=O)C1CCCN(S(=O)(=O)c2ccc(F)cc2)C1)C(=O)NC1CC1. The molecule has 2 aliphatic rings. The van der Waals surface area contributed by atoms with Crippen LogP contribution in [0.1, 0.15) is 39.5 Å². The summed E-state index contributed by atoms with van der Waals surface area (Å²) < 4.78 is 40.1. The maximum atomic E-state index is 13.1. The Morgan fingerprint density at radius 3 is 2.38 bits per heavy atom. The maximum absolute atomic E-state index is 13.1. The van der Waals surface area contributed by atoms with Gasteiger partial charge < -0.3 is 10.6 Å². The smallest absolute Gasteiger partial charge is 0.243 e. The Kier molecular flexibility index (Phi) is 6.58. The number of carbonyl (C=O) groups is 2. The van der Waals surface area contributed by atoms with E-state index in [0.717, 1.165) is 25.0 Å². The first-order valence-corrected chi connectivity index (χ1v) is 11.5. The number of benzene rings is 1. The van der Waals surface area contributed by atoms with E-state index < -0.39 is 27.8 Å². The van der Waals surface area contributed by atoms with Gasteiger partial charge in [-0.25, -0.2) is 12.8 Å². The summed E-state index contributed by atoms with van der Waals surface area (Å²) in [6.45, 7) is 4.08. The molecule has 3 rings (SSSR count). The number of carbonyl (C=O) groups excluding carboxylic acids is 2. The van der Waals surface area contributed by atoms with Gasteiger partial charge in [-0.05, 0) is 55.9 Å². The second-order valence-corrected chi connectivity index (χ2v) is 10.1. The quantitative estimate of drug-likeness (QED) is 0.694. The minimum absolute atomic E-state index is 0.00354. The Labute approximate surface area is 171 Å². The number of amides is 2. The largest absolute Gasteiger partial charge is 0.352 e. The van der Waals surface area contributed by atoms with Crippen LogP contribution in [0.2, 0.25) is 0 Å². The first-order chi connectivity index (χ1) is 13.7. The monoisotopic (exact) mass is 425 g/mol. The molecule has 1 heterocycles. The molecule has 2 amide bonds. The lowest BCUT2D eigenvalue weighted by Gasteiger charge is -2.32. The topological polar surface area (TPSA) is 95.6 Å². The van der Waals surface area contributed by atoms with Crippen LogP contribution >= 0.6 is 0 Å². The second-order valence-electron chi connectivity index (χ2n) is 8.17. The summed E-state index contributed by atoms with van der Waals surface area (Å²) in [7, 11) is -3.81. The number of hydrogen-bond donors (Lipinski definition) is 2. The summed E-state index contributed by atoms with van der Waals surface area (Å²) >= 11 is 0. The van der Waals surface area contributed by atoms with Crippen molar-refractivity contribution < 1.29 is 22.4 Å². The molecule has 1 aromatic carbocycles. The van der Waals surface area contributed by atoms with Crippen molar-refractivity contribution in [1.82, 2.24) is 14.9 Å². The number of nitrogens with zero attached hydrogens (tertiary/aromatic N) is 1. The summed E-state index contributed by atoms with van der Waals surface area (Å²) in [6, 6.07) is 4.22. The molecule has 0 aromatic heterocycles. The molecule has 160 valence electrons. The molecule has 0 bridgehead atoms. The first kappa shape index (κ1) is 21.7. The third-order valence-corrected chi connectivity index (χ3v) is 7.26. The Balaban J connectivity index is 1.66. The number of hydrogen-bond acceptors (Lipinski definition) is 4. The minimum Gasteiger partial charge on any atom is -0.352 e. The van der Waals surface area contributed by atoms with E-state index in [-0.39, 0.29) is 35.2 Å². The van der Waals surface area contributed by atoms with Crippen molar-refractivity contribution in [3.8, 4) is 0 Å². The van der Waals surface area contributed by atoms with Gasteiger partial charge in [0.05, 0.1) is 10.8 Å². The molecule has 1 saturated heterocycles. The van der Waals surface area contributed by atoms with Gasteiger partial charge in [0.2, 0.25) is 21.8 Å². The third kappa shape index (κ3) is 5.33. The molecule has 1 unspecified atom stereocenters. The van der Waals surface area contributed by atoms with Crippen LogP contribution in [-0.4, -0.2) is 49.7 Å². The Morgan fingerprint density at radius 2 is 1.79 bits per heavy atom. The van der Waals surface area contributed by atoms with Gasteiger partial charge in [0, 0.05) is 19.1 Å². The summed E-state index contributed by atoms with van der Waals surface area (Å²) in [6.07, 6.45) is 3.02. The van der Waals surface area contributed by atoms with Crippen LogP contribution < -0.4 is 10.6 Å². The van der Waals surface area contributed by atoms with Crippen LogP contribution in [0, 0.1) is 17.7 Å². The zero-order valence-electron chi connectivity index (χ0n) is 16.7. The van der Waals surface area contributed by atoms with Crippen LogP contribution in [0.4, 0.5) is 4.39 Å². The van der Waals surface area contributed by atoms with E-state index in [1.165, 1.54) is 16.4 Å². The molecular weight excluding hydrogens is 397 g/mol. The van der Waals surface area contributed by atoms with E-state index in [1.54, 1.807) is 0 Å². The lowest BCUT2D eigenvalue weighted by molar-refractivity contribution is -0.132. The zero-order chi connectivity index (χ0) is 21.2. The first-order valence-electron chi connectivity index (χ1n) is 10.0. The second kappa shape index (κ2) is 8.79. The molecule has 0 spiro atoms. The highest BCUT2D eigenvalue weighted by Crippen LogP contribution is 2.25. The molecule has 2 atom stereocenters. The predicted molar refractivity (Wildman–Crippen MR) is 106 cm³/mol. The van der Waals surface area contributed by atoms with Gasteiger partial charge in [-0.1, -0.05) is 13.8 Å². The Hall–Kier alpha value is -2.00. The summed E-state index contributed by atoms with van der Waals surface area (Å²) in [4.78, 5) is 25.2. The predicted octanol–water partition coefficient (Wildman–Crippen LogP) is 1.65. The van der Waals surface area contributed by atoms with E-state index in [4.69, 9.17) is 0 Å². The van der Waals surface area contributed by atoms with E-state index in [2.05, 4.69) is 10.6 Å².